The molecule has 1 rings (SSSR count). The predicted molar refractivity (Wildman–Crippen MR) is 70.8 cm³/mol. The molecule has 7 heteroatoms. The van der Waals surface area contributed by atoms with E-state index >= 15 is 0 Å². The Morgan fingerprint density at radius 2 is 2.00 bits per heavy atom. The molecule has 1 unspecified atom stereocenters. The molecular weight excluding hydrogens is 270 g/mol. The highest BCUT2D eigenvalue weighted by Gasteiger charge is 2.13. The summed E-state index contributed by atoms with van der Waals surface area (Å²) in [6, 6.07) is 4.99. The lowest BCUT2D eigenvalue weighted by atomic mass is 10.1. The van der Waals surface area contributed by atoms with Crippen molar-refractivity contribution in [3.8, 4) is 5.75 Å². The molecule has 5 nitrogen and oxygen atoms in total. The fraction of sp³-hybridized carbons (Fsp3) is 0.462. The number of carbonyl (C=O) groups is 1. The number of nitrogens with one attached hydrogen (secondary N) is 1. The molecule has 0 aliphatic heterocycles. The molecular formula is C13H18F2N2O3. The van der Waals surface area contributed by atoms with Crippen LogP contribution in [-0.4, -0.2) is 32.3 Å². The summed E-state index contributed by atoms with van der Waals surface area (Å²) in [5.41, 5.74) is 6.18. The predicted octanol–water partition coefficient (Wildman–Crippen LogP) is 1.98. The molecule has 0 fully saturated rings. The van der Waals surface area contributed by atoms with Crippen molar-refractivity contribution < 1.29 is 23.0 Å². The van der Waals surface area contributed by atoms with Crippen LogP contribution < -0.4 is 15.8 Å². The van der Waals surface area contributed by atoms with Crippen LogP contribution in [-0.2, 0) is 9.53 Å². The van der Waals surface area contributed by atoms with Crippen molar-refractivity contribution >= 4 is 11.6 Å². The fourth-order valence-electron chi connectivity index (χ4n) is 1.53. The van der Waals surface area contributed by atoms with Gasteiger partial charge in [0.05, 0.1) is 6.04 Å². The standard InChI is InChI=1S/C13H18F2N2O3/c1-19-8-2-3-11(16)12(18)17-9-4-6-10(7-5-9)20-13(14)15/h4-7,11,13H,2-3,8,16H2,1H3,(H,17,18). The van der Waals surface area contributed by atoms with Crippen LogP contribution in [0.5, 0.6) is 5.75 Å². The van der Waals surface area contributed by atoms with Gasteiger partial charge in [0.25, 0.3) is 0 Å². The zero-order valence-corrected chi connectivity index (χ0v) is 11.1. The first-order valence-electron chi connectivity index (χ1n) is 6.13. The van der Waals surface area contributed by atoms with E-state index < -0.39 is 12.7 Å². The van der Waals surface area contributed by atoms with Crippen molar-refractivity contribution in [1.29, 1.82) is 0 Å². The maximum absolute atomic E-state index is 12.0. The summed E-state index contributed by atoms with van der Waals surface area (Å²) < 4.78 is 33.0. The van der Waals surface area contributed by atoms with Gasteiger partial charge in [0.1, 0.15) is 5.75 Å². The monoisotopic (exact) mass is 288 g/mol. The first-order chi connectivity index (χ1) is 9.52. The van der Waals surface area contributed by atoms with Crippen molar-refractivity contribution in [3.05, 3.63) is 24.3 Å². The second-order valence-electron chi connectivity index (χ2n) is 4.13. The summed E-state index contributed by atoms with van der Waals surface area (Å²) >= 11 is 0. The SMILES string of the molecule is COCCCC(N)C(=O)Nc1ccc(OC(F)F)cc1. The number of halogens is 2. The smallest absolute Gasteiger partial charge is 0.387 e. The summed E-state index contributed by atoms with van der Waals surface area (Å²) in [7, 11) is 1.58. The Morgan fingerprint density at radius 3 is 2.55 bits per heavy atom. The van der Waals surface area contributed by atoms with Gasteiger partial charge in [-0.3, -0.25) is 4.79 Å². The highest BCUT2D eigenvalue weighted by Crippen LogP contribution is 2.17. The van der Waals surface area contributed by atoms with Crippen molar-refractivity contribution in [2.75, 3.05) is 19.0 Å². The molecule has 1 aromatic carbocycles. The second-order valence-corrected chi connectivity index (χ2v) is 4.13. The number of rotatable bonds is 8. The number of nitrogens with two attached hydrogens (primary N) is 1. The Hall–Kier alpha value is -1.73. The largest absolute Gasteiger partial charge is 0.435 e. The van der Waals surface area contributed by atoms with Gasteiger partial charge in [-0.15, -0.1) is 0 Å². The lowest BCUT2D eigenvalue weighted by Crippen LogP contribution is -2.35. The van der Waals surface area contributed by atoms with E-state index in [1.54, 1.807) is 7.11 Å². The van der Waals surface area contributed by atoms with Crippen LogP contribution in [0.15, 0.2) is 24.3 Å². The molecule has 0 aliphatic rings. The summed E-state index contributed by atoms with van der Waals surface area (Å²) in [4.78, 5) is 11.7. The van der Waals surface area contributed by atoms with Gasteiger partial charge in [-0.05, 0) is 37.1 Å². The molecule has 0 aliphatic carbocycles. The zero-order valence-electron chi connectivity index (χ0n) is 11.1. The van der Waals surface area contributed by atoms with Crippen molar-refractivity contribution in [1.82, 2.24) is 0 Å². The summed E-state index contributed by atoms with van der Waals surface area (Å²) in [5, 5.41) is 2.60. The molecule has 0 bridgehead atoms. The van der Waals surface area contributed by atoms with Gasteiger partial charge in [0, 0.05) is 19.4 Å². The number of carbonyl (C=O) groups excluding carboxylic acids is 1. The van der Waals surface area contributed by atoms with Gasteiger partial charge < -0.3 is 20.5 Å². The minimum atomic E-state index is -2.87. The number of amides is 1. The van der Waals surface area contributed by atoms with Crippen molar-refractivity contribution in [3.63, 3.8) is 0 Å². The Balaban J connectivity index is 2.45. The molecule has 0 saturated carbocycles. The third kappa shape index (κ3) is 5.94. The van der Waals surface area contributed by atoms with Crippen molar-refractivity contribution in [2.24, 2.45) is 5.73 Å². The van der Waals surface area contributed by atoms with E-state index in [0.29, 0.717) is 25.1 Å². The molecule has 20 heavy (non-hydrogen) atoms. The Kier molecular flexibility index (Phi) is 6.89. The maximum Gasteiger partial charge on any atom is 0.387 e. The molecule has 0 heterocycles. The van der Waals surface area contributed by atoms with Crippen LogP contribution in [0.25, 0.3) is 0 Å². The first-order valence-corrected chi connectivity index (χ1v) is 6.13. The summed E-state index contributed by atoms with van der Waals surface area (Å²) in [5.74, 6) is -0.300. The Labute approximate surface area is 116 Å². The number of benzene rings is 1. The third-order valence-corrected chi connectivity index (χ3v) is 2.55. The number of hydrogen-bond acceptors (Lipinski definition) is 4. The number of methoxy groups -OCH3 is 1. The molecule has 0 aromatic heterocycles. The minimum absolute atomic E-state index is 0.0300. The summed E-state index contributed by atoms with van der Waals surface area (Å²) in [6.07, 6.45) is 1.19. The van der Waals surface area contributed by atoms with Gasteiger partial charge in [0.2, 0.25) is 5.91 Å². The summed E-state index contributed by atoms with van der Waals surface area (Å²) in [6.45, 7) is -2.33. The van der Waals surface area contributed by atoms with E-state index in [4.69, 9.17) is 10.5 Å². The molecule has 112 valence electrons. The fourth-order valence-corrected chi connectivity index (χ4v) is 1.53. The van der Waals surface area contributed by atoms with Gasteiger partial charge in [-0.25, -0.2) is 0 Å². The second kappa shape index (κ2) is 8.44. The number of ether oxygens (including phenoxy) is 2. The molecule has 0 spiro atoms. The molecule has 0 saturated heterocycles. The number of hydrogen-bond donors (Lipinski definition) is 2. The van der Waals surface area contributed by atoms with E-state index in [9.17, 15) is 13.6 Å². The van der Waals surface area contributed by atoms with Crippen LogP contribution in [0.3, 0.4) is 0 Å². The first kappa shape index (κ1) is 16.3. The molecule has 1 atom stereocenters. The Morgan fingerprint density at radius 1 is 1.35 bits per heavy atom. The van der Waals surface area contributed by atoms with Crippen LogP contribution in [0.4, 0.5) is 14.5 Å². The van der Waals surface area contributed by atoms with Crippen LogP contribution >= 0.6 is 0 Å². The lowest BCUT2D eigenvalue weighted by molar-refractivity contribution is -0.117. The van der Waals surface area contributed by atoms with Crippen LogP contribution in [0, 0.1) is 0 Å². The molecule has 3 N–H and O–H groups in total. The average Bonchev–Trinajstić information content (AvgIpc) is 2.40. The van der Waals surface area contributed by atoms with Gasteiger partial charge >= 0.3 is 6.61 Å². The zero-order chi connectivity index (χ0) is 15.0. The maximum atomic E-state index is 12.0. The molecule has 0 radical (unpaired) electrons. The number of alkyl halides is 2. The van der Waals surface area contributed by atoms with E-state index in [2.05, 4.69) is 10.1 Å². The molecule has 1 amide bonds. The average molecular weight is 288 g/mol. The molecule has 1 aromatic rings. The van der Waals surface area contributed by atoms with Crippen LogP contribution in [0.1, 0.15) is 12.8 Å². The van der Waals surface area contributed by atoms with E-state index in [0.717, 1.165) is 0 Å². The van der Waals surface area contributed by atoms with E-state index in [1.165, 1.54) is 24.3 Å². The minimum Gasteiger partial charge on any atom is -0.435 e. The highest BCUT2D eigenvalue weighted by atomic mass is 19.3. The van der Waals surface area contributed by atoms with Gasteiger partial charge in [-0.1, -0.05) is 0 Å². The normalized spacial score (nSPS) is 12.2. The van der Waals surface area contributed by atoms with Crippen LogP contribution in [0.2, 0.25) is 0 Å². The number of anilines is 1. The van der Waals surface area contributed by atoms with Crippen molar-refractivity contribution in [2.45, 2.75) is 25.5 Å². The topological polar surface area (TPSA) is 73.6 Å². The lowest BCUT2D eigenvalue weighted by Gasteiger charge is -2.12. The van der Waals surface area contributed by atoms with Gasteiger partial charge in [0.15, 0.2) is 0 Å². The Bertz CT molecular complexity index is 413. The quantitative estimate of drug-likeness (QED) is 0.717. The third-order valence-electron chi connectivity index (χ3n) is 2.55. The van der Waals surface area contributed by atoms with E-state index in [1.807, 2.05) is 0 Å². The highest BCUT2D eigenvalue weighted by molar-refractivity contribution is 5.94. The van der Waals surface area contributed by atoms with Gasteiger partial charge in [-0.2, -0.15) is 8.78 Å². The van der Waals surface area contributed by atoms with E-state index in [-0.39, 0.29) is 11.7 Å².